The van der Waals surface area contributed by atoms with E-state index in [4.69, 9.17) is 74.8 Å². The number of benzene rings is 4. The van der Waals surface area contributed by atoms with Crippen LogP contribution in [-0.2, 0) is 66.4 Å². The number of aliphatic hydroxyl groups is 2. The molecule has 0 bridgehead atoms. The Morgan fingerprint density at radius 2 is 0.947 bits per heavy atom. The Labute approximate surface area is 465 Å². The molecule has 19 nitrogen and oxygen atoms in total. The Bertz CT molecular complexity index is 2740. The molecular formula is C51H68Cl4N6O13S2. The number of nitrogens with one attached hydrogen (secondary N) is 4. The molecule has 6 rings (SSSR count). The topological polar surface area (TPSA) is 236 Å². The van der Waals surface area contributed by atoms with Gasteiger partial charge in [-0.15, -0.1) is 0 Å². The molecular weight excluding hydrogens is 1110 g/mol. The van der Waals surface area contributed by atoms with Crippen LogP contribution in [-0.4, -0.2) is 188 Å². The fourth-order valence-corrected chi connectivity index (χ4v) is 12.0. The van der Waals surface area contributed by atoms with E-state index in [2.05, 4.69) is 29.9 Å². The standard InChI is InChI=1S/C51H68Cl4N6O13S2/c1-60-31-43(41-27-37(52)29-47(54)45(41)33-60)35-5-3-7-39(25-35)75(65,66)58-11-15-71-19-23-73-21-17-69-13-9-56-50(63)49(62)51(64)57-10-14-70-18-22-74-24-20-72-16-12-59-76(67,68)40-8-4-6-36(26-40)44-32-61(2)34-46-42(44)28-38(53)30-48(46)55/h3-8,25-30,43-44,49-50,56,58-59,62-63H,9-24,31-34H2,1-2H3,(H,57,64)/t43-,44-,49?,50?/m1/s1. The molecule has 0 aliphatic carbocycles. The summed E-state index contributed by atoms with van der Waals surface area (Å²) in [6.07, 6.45) is -3.26. The van der Waals surface area contributed by atoms with Gasteiger partial charge in [0.05, 0.1) is 89.1 Å². The summed E-state index contributed by atoms with van der Waals surface area (Å²) in [6, 6.07) is 21.0. The normalized spacial score (nSPS) is 17.1. The van der Waals surface area contributed by atoms with Crippen LogP contribution >= 0.6 is 46.4 Å². The summed E-state index contributed by atoms with van der Waals surface area (Å²) in [5.74, 6) is -0.989. The molecule has 0 radical (unpaired) electrons. The molecule has 0 aromatic heterocycles. The average molecular weight is 1180 g/mol. The number of halogens is 4. The second-order valence-corrected chi connectivity index (χ2v) is 23.4. The fraction of sp³-hybridized carbons (Fsp3) is 0.510. The second-order valence-electron chi connectivity index (χ2n) is 18.2. The Hall–Kier alpha value is -3.11. The predicted octanol–water partition coefficient (Wildman–Crippen LogP) is 4.20. The molecule has 25 heteroatoms. The molecule has 1 amide bonds. The van der Waals surface area contributed by atoms with Gasteiger partial charge in [0.25, 0.3) is 5.91 Å². The molecule has 420 valence electrons. The summed E-state index contributed by atoms with van der Waals surface area (Å²) in [5, 5.41) is 27.7. The highest BCUT2D eigenvalue weighted by atomic mass is 35.5. The SMILES string of the molecule is CN1Cc2c(Cl)cc(Cl)cc2[C@@H](c2cccc(S(=O)(=O)NCCOCCOCCOCCNC(=O)C(O)C(O)NCCOCCOCCOCCNS(=O)(=O)c3cccc([C@H]4CN(C)Cc5c(Cl)cc(Cl)cc54)c3)c2)C1. The molecule has 0 spiro atoms. The van der Waals surface area contributed by atoms with Crippen molar-refractivity contribution in [1.82, 2.24) is 29.9 Å². The largest absolute Gasteiger partial charge is 0.379 e. The Balaban J connectivity index is 0.712. The minimum absolute atomic E-state index is 0.0668. The number of sulfonamides is 2. The lowest BCUT2D eigenvalue weighted by molar-refractivity contribution is -0.136. The lowest BCUT2D eigenvalue weighted by Crippen LogP contribution is -2.50. The molecule has 2 aliphatic heterocycles. The Kier molecular flexibility index (Phi) is 25.4. The van der Waals surface area contributed by atoms with Crippen molar-refractivity contribution in [2.75, 3.05) is 133 Å². The van der Waals surface area contributed by atoms with Crippen LogP contribution in [0.1, 0.15) is 45.2 Å². The first-order valence-corrected chi connectivity index (χ1v) is 29.3. The maximum atomic E-state index is 13.1. The maximum Gasteiger partial charge on any atom is 0.253 e. The van der Waals surface area contributed by atoms with Gasteiger partial charge in [-0.2, -0.15) is 0 Å². The lowest BCUT2D eigenvalue weighted by Gasteiger charge is -2.33. The highest BCUT2D eigenvalue weighted by Gasteiger charge is 2.30. The predicted molar refractivity (Wildman–Crippen MR) is 290 cm³/mol. The van der Waals surface area contributed by atoms with E-state index >= 15 is 0 Å². The monoisotopic (exact) mass is 1180 g/mol. The number of ether oxygens (including phenoxy) is 6. The van der Waals surface area contributed by atoms with Crippen molar-refractivity contribution in [2.45, 2.75) is 47.0 Å². The fourth-order valence-electron chi connectivity index (χ4n) is 8.69. The van der Waals surface area contributed by atoms with E-state index in [1.54, 1.807) is 48.5 Å². The van der Waals surface area contributed by atoms with Gasteiger partial charge in [-0.25, -0.2) is 26.3 Å². The van der Waals surface area contributed by atoms with E-state index in [0.717, 1.165) is 33.4 Å². The Morgan fingerprint density at radius 3 is 1.37 bits per heavy atom. The molecule has 4 aromatic carbocycles. The molecule has 4 atom stereocenters. The van der Waals surface area contributed by atoms with E-state index in [-0.39, 0.29) is 127 Å². The molecule has 2 unspecified atom stereocenters. The number of hydrogen-bond donors (Lipinski definition) is 6. The van der Waals surface area contributed by atoms with Crippen molar-refractivity contribution in [3.05, 3.63) is 126 Å². The van der Waals surface area contributed by atoms with Gasteiger partial charge < -0.3 is 53.8 Å². The van der Waals surface area contributed by atoms with Crippen molar-refractivity contribution < 1.29 is 60.3 Å². The van der Waals surface area contributed by atoms with Gasteiger partial charge >= 0.3 is 0 Å². The maximum absolute atomic E-state index is 13.1. The first-order chi connectivity index (χ1) is 36.4. The van der Waals surface area contributed by atoms with Crippen LogP contribution in [0.15, 0.2) is 82.6 Å². The zero-order valence-electron chi connectivity index (χ0n) is 42.5. The minimum Gasteiger partial charge on any atom is -0.379 e. The van der Waals surface area contributed by atoms with Crippen LogP contribution in [0.4, 0.5) is 0 Å². The quantitative estimate of drug-likeness (QED) is 0.0290. The molecule has 0 fully saturated rings. The number of rotatable bonds is 33. The number of hydrogen-bond acceptors (Lipinski definition) is 16. The Morgan fingerprint density at radius 1 is 0.566 bits per heavy atom. The molecule has 76 heavy (non-hydrogen) atoms. The number of likely N-dealkylation sites (N-methyl/N-ethyl adjacent to an activating group) is 2. The average Bonchev–Trinajstić information content (AvgIpc) is 3.40. The number of carbonyl (C=O) groups excluding carboxylic acids is 1. The number of nitrogens with zero attached hydrogens (tertiary/aromatic N) is 2. The van der Waals surface area contributed by atoms with Crippen LogP contribution in [0.2, 0.25) is 20.1 Å². The van der Waals surface area contributed by atoms with Gasteiger partial charge in [-0.1, -0.05) is 70.7 Å². The van der Waals surface area contributed by atoms with Crippen LogP contribution in [0.5, 0.6) is 0 Å². The number of carbonyl (C=O) groups is 1. The van der Waals surface area contributed by atoms with Gasteiger partial charge in [0.2, 0.25) is 20.0 Å². The van der Waals surface area contributed by atoms with Crippen molar-refractivity contribution in [1.29, 1.82) is 0 Å². The summed E-state index contributed by atoms with van der Waals surface area (Å²) in [5.41, 5.74) is 5.63. The zero-order valence-corrected chi connectivity index (χ0v) is 47.1. The summed E-state index contributed by atoms with van der Waals surface area (Å²) in [6.45, 7) is 5.66. The smallest absolute Gasteiger partial charge is 0.253 e. The highest BCUT2D eigenvalue weighted by Crippen LogP contribution is 2.40. The van der Waals surface area contributed by atoms with Gasteiger partial charge in [0, 0.05) is 84.3 Å². The second kappa shape index (κ2) is 31.0. The summed E-state index contributed by atoms with van der Waals surface area (Å²) in [7, 11) is -3.62. The molecule has 0 saturated heterocycles. The van der Waals surface area contributed by atoms with Crippen LogP contribution in [0.3, 0.4) is 0 Å². The van der Waals surface area contributed by atoms with Gasteiger partial charge in [0.15, 0.2) is 6.10 Å². The number of fused-ring (bicyclic) bond motifs is 2. The summed E-state index contributed by atoms with van der Waals surface area (Å²) in [4.78, 5) is 16.9. The first kappa shape index (κ1) is 62.1. The van der Waals surface area contributed by atoms with E-state index in [1.807, 2.05) is 38.4 Å². The molecule has 0 saturated carbocycles. The van der Waals surface area contributed by atoms with Crippen LogP contribution in [0, 0.1) is 0 Å². The molecule has 4 aromatic rings. The summed E-state index contributed by atoms with van der Waals surface area (Å²) >= 11 is 25.7. The van der Waals surface area contributed by atoms with E-state index in [1.165, 1.54) is 0 Å². The molecule has 6 N–H and O–H groups in total. The van der Waals surface area contributed by atoms with E-state index in [9.17, 15) is 31.8 Å². The van der Waals surface area contributed by atoms with Crippen molar-refractivity contribution in [2.24, 2.45) is 0 Å². The number of amides is 1. The lowest BCUT2D eigenvalue weighted by atomic mass is 9.85. The highest BCUT2D eigenvalue weighted by molar-refractivity contribution is 7.89. The van der Waals surface area contributed by atoms with Crippen molar-refractivity contribution >= 4 is 72.4 Å². The third-order valence-corrected chi connectivity index (χ3v) is 16.4. The minimum atomic E-state index is -3.81. The van der Waals surface area contributed by atoms with Crippen molar-refractivity contribution in [3.8, 4) is 0 Å². The number of aliphatic hydroxyl groups excluding tert-OH is 2. The summed E-state index contributed by atoms with van der Waals surface area (Å²) < 4.78 is 90.6. The van der Waals surface area contributed by atoms with E-state index in [0.29, 0.717) is 46.3 Å². The third-order valence-electron chi connectivity index (χ3n) is 12.4. The molecule has 2 aliphatic rings. The van der Waals surface area contributed by atoms with Crippen LogP contribution < -0.4 is 20.1 Å². The third kappa shape index (κ3) is 19.0. The first-order valence-electron chi connectivity index (χ1n) is 24.8. The molecule has 2 heterocycles. The van der Waals surface area contributed by atoms with E-state index < -0.39 is 38.3 Å². The van der Waals surface area contributed by atoms with Crippen LogP contribution in [0.25, 0.3) is 0 Å². The zero-order chi connectivity index (χ0) is 54.7. The van der Waals surface area contributed by atoms with Gasteiger partial charge in [-0.3, -0.25) is 10.1 Å². The van der Waals surface area contributed by atoms with Gasteiger partial charge in [0.1, 0.15) is 6.23 Å². The van der Waals surface area contributed by atoms with Gasteiger partial charge in [-0.05, 0) is 96.0 Å². The van der Waals surface area contributed by atoms with Crippen molar-refractivity contribution in [3.63, 3.8) is 0 Å².